The predicted molar refractivity (Wildman–Crippen MR) is 134 cm³/mol. The lowest BCUT2D eigenvalue weighted by molar-refractivity contribution is -0.158. The van der Waals surface area contributed by atoms with Gasteiger partial charge in [-0.3, -0.25) is 4.79 Å². The van der Waals surface area contributed by atoms with Crippen molar-refractivity contribution in [3.05, 3.63) is 65.2 Å². The van der Waals surface area contributed by atoms with Gasteiger partial charge in [-0.15, -0.1) is 0 Å². The second-order valence-corrected chi connectivity index (χ2v) is 9.70. The molecule has 0 aromatic heterocycles. The van der Waals surface area contributed by atoms with Gasteiger partial charge in [-0.25, -0.2) is 4.79 Å². The maximum atomic E-state index is 12.8. The number of ether oxygens (including phenoxy) is 2. The van der Waals surface area contributed by atoms with Crippen molar-refractivity contribution in [3.63, 3.8) is 0 Å². The minimum absolute atomic E-state index is 0.0903. The van der Waals surface area contributed by atoms with E-state index in [1.54, 1.807) is 32.9 Å². The summed E-state index contributed by atoms with van der Waals surface area (Å²) in [6.45, 7) is 16.8. The number of hydrogen-bond donors (Lipinski definition) is 2. The van der Waals surface area contributed by atoms with Crippen molar-refractivity contribution < 1.29 is 29.3 Å². The molecule has 34 heavy (non-hydrogen) atoms. The molecule has 0 atom stereocenters. The standard InChI is InChI=1S/C28H34O6/c1-9-33-26(32)28(7,8)34-19-11-12-20(24(30)16-19)23(29)13-10-18-14-21(17(2)3)25(31)22(15-18)27(4,5)6/h10-16,30-31H,2,9H2,1,3-8H3/b13-10+. The molecule has 182 valence electrons. The van der Waals surface area contributed by atoms with E-state index in [0.717, 1.165) is 11.1 Å². The molecule has 2 rings (SSSR count). The minimum atomic E-state index is -1.25. The zero-order valence-electron chi connectivity index (χ0n) is 21.0. The van der Waals surface area contributed by atoms with Gasteiger partial charge in [-0.05, 0) is 74.6 Å². The van der Waals surface area contributed by atoms with Gasteiger partial charge in [0.2, 0.25) is 0 Å². The molecule has 0 spiro atoms. The quantitative estimate of drug-likeness (QED) is 0.280. The van der Waals surface area contributed by atoms with Crippen LogP contribution in [0.3, 0.4) is 0 Å². The Morgan fingerprint density at radius 1 is 1.03 bits per heavy atom. The molecule has 0 radical (unpaired) electrons. The first kappa shape index (κ1) is 26.7. The monoisotopic (exact) mass is 466 g/mol. The first-order valence-corrected chi connectivity index (χ1v) is 11.1. The maximum absolute atomic E-state index is 12.8. The average Bonchev–Trinajstić information content (AvgIpc) is 2.71. The lowest BCUT2D eigenvalue weighted by atomic mass is 9.83. The third-order valence-corrected chi connectivity index (χ3v) is 5.20. The van der Waals surface area contributed by atoms with Gasteiger partial charge in [-0.1, -0.05) is 33.4 Å². The minimum Gasteiger partial charge on any atom is -0.507 e. The number of carbonyl (C=O) groups is 2. The van der Waals surface area contributed by atoms with Crippen molar-refractivity contribution in [3.8, 4) is 17.2 Å². The molecule has 0 fully saturated rings. The topological polar surface area (TPSA) is 93.1 Å². The van der Waals surface area contributed by atoms with E-state index in [4.69, 9.17) is 9.47 Å². The molecule has 2 aromatic carbocycles. The molecule has 0 saturated heterocycles. The van der Waals surface area contributed by atoms with E-state index in [0.29, 0.717) is 11.1 Å². The molecule has 0 aliphatic heterocycles. The first-order chi connectivity index (χ1) is 15.7. The Balaban J connectivity index is 2.31. The van der Waals surface area contributed by atoms with Crippen LogP contribution in [0.5, 0.6) is 17.2 Å². The van der Waals surface area contributed by atoms with E-state index in [9.17, 15) is 19.8 Å². The zero-order chi connectivity index (χ0) is 25.8. The fraction of sp³-hybridized carbons (Fsp3) is 0.357. The molecular weight excluding hydrogens is 432 g/mol. The summed E-state index contributed by atoms with van der Waals surface area (Å²) in [5.74, 6) is -0.792. The van der Waals surface area contributed by atoms with Crippen LogP contribution in [0.15, 0.2) is 43.0 Å². The van der Waals surface area contributed by atoms with E-state index in [1.807, 2.05) is 33.8 Å². The summed E-state index contributed by atoms with van der Waals surface area (Å²) in [7, 11) is 0. The Morgan fingerprint density at radius 3 is 2.21 bits per heavy atom. The van der Waals surface area contributed by atoms with Crippen molar-refractivity contribution in [1.29, 1.82) is 0 Å². The Hall–Kier alpha value is -3.54. The van der Waals surface area contributed by atoms with Gasteiger partial charge >= 0.3 is 5.97 Å². The summed E-state index contributed by atoms with van der Waals surface area (Å²) >= 11 is 0. The average molecular weight is 467 g/mol. The van der Waals surface area contributed by atoms with Gasteiger partial charge in [0.05, 0.1) is 12.2 Å². The van der Waals surface area contributed by atoms with Crippen LogP contribution < -0.4 is 4.74 Å². The molecule has 0 saturated carbocycles. The summed E-state index contributed by atoms with van der Waals surface area (Å²) < 4.78 is 10.7. The summed E-state index contributed by atoms with van der Waals surface area (Å²) in [6, 6.07) is 7.85. The lowest BCUT2D eigenvalue weighted by Crippen LogP contribution is -2.39. The molecule has 6 heteroatoms. The van der Waals surface area contributed by atoms with Crippen LogP contribution >= 0.6 is 0 Å². The number of benzene rings is 2. The number of hydrogen-bond acceptors (Lipinski definition) is 6. The lowest BCUT2D eigenvalue weighted by Gasteiger charge is -2.24. The highest BCUT2D eigenvalue weighted by molar-refractivity contribution is 6.08. The molecule has 0 aliphatic carbocycles. The Morgan fingerprint density at radius 2 is 1.68 bits per heavy atom. The van der Waals surface area contributed by atoms with Crippen molar-refractivity contribution in [1.82, 2.24) is 0 Å². The van der Waals surface area contributed by atoms with Gasteiger partial charge in [-0.2, -0.15) is 0 Å². The number of ketones is 1. The maximum Gasteiger partial charge on any atom is 0.349 e. The fourth-order valence-electron chi connectivity index (χ4n) is 3.34. The number of carbonyl (C=O) groups excluding carboxylic acids is 2. The van der Waals surface area contributed by atoms with E-state index in [-0.39, 0.29) is 34.8 Å². The van der Waals surface area contributed by atoms with E-state index < -0.39 is 17.4 Å². The highest BCUT2D eigenvalue weighted by Gasteiger charge is 2.32. The Labute approximate surface area is 201 Å². The summed E-state index contributed by atoms with van der Waals surface area (Å²) in [4.78, 5) is 24.8. The predicted octanol–water partition coefficient (Wildman–Crippen LogP) is 6.05. The molecule has 0 heterocycles. The normalized spacial score (nSPS) is 12.0. The van der Waals surface area contributed by atoms with E-state index >= 15 is 0 Å². The van der Waals surface area contributed by atoms with Crippen LogP contribution in [0.1, 0.15) is 75.5 Å². The number of allylic oxidation sites excluding steroid dienone is 2. The molecule has 6 nitrogen and oxygen atoms in total. The molecule has 0 unspecified atom stereocenters. The first-order valence-electron chi connectivity index (χ1n) is 11.1. The summed E-state index contributed by atoms with van der Waals surface area (Å²) in [5.41, 5.74) is 1.33. The van der Waals surface area contributed by atoms with Gasteiger partial charge in [0.15, 0.2) is 11.4 Å². The SMILES string of the molecule is C=C(C)c1cc(/C=C/C(=O)c2ccc(OC(C)(C)C(=O)OCC)cc2O)cc(C(C)(C)C)c1O. The molecular formula is C28H34O6. The third-order valence-electron chi connectivity index (χ3n) is 5.20. The van der Waals surface area contributed by atoms with E-state index in [2.05, 4.69) is 6.58 Å². The van der Waals surface area contributed by atoms with Crippen molar-refractivity contribution in [2.45, 2.75) is 59.5 Å². The number of phenols is 2. The number of esters is 1. The van der Waals surface area contributed by atoms with Gasteiger partial charge in [0.25, 0.3) is 0 Å². The zero-order valence-corrected chi connectivity index (χ0v) is 21.0. The summed E-state index contributed by atoms with van der Waals surface area (Å²) in [6.07, 6.45) is 3.00. The number of aromatic hydroxyl groups is 2. The molecule has 0 bridgehead atoms. The van der Waals surface area contributed by atoms with Gasteiger partial charge < -0.3 is 19.7 Å². The Kier molecular flexibility index (Phi) is 7.98. The highest BCUT2D eigenvalue weighted by atomic mass is 16.6. The van der Waals surface area contributed by atoms with Crippen LogP contribution in [0.2, 0.25) is 0 Å². The van der Waals surface area contributed by atoms with Gasteiger partial charge in [0.1, 0.15) is 17.2 Å². The van der Waals surface area contributed by atoms with E-state index in [1.165, 1.54) is 24.3 Å². The molecule has 0 amide bonds. The van der Waals surface area contributed by atoms with Crippen molar-refractivity contribution in [2.24, 2.45) is 0 Å². The van der Waals surface area contributed by atoms with Crippen LogP contribution in [-0.2, 0) is 14.9 Å². The fourth-order valence-corrected chi connectivity index (χ4v) is 3.34. The third kappa shape index (κ3) is 6.28. The molecule has 0 aliphatic rings. The summed E-state index contributed by atoms with van der Waals surface area (Å²) in [5, 5.41) is 21.1. The van der Waals surface area contributed by atoms with Crippen LogP contribution in [0.4, 0.5) is 0 Å². The Bertz CT molecular complexity index is 1130. The largest absolute Gasteiger partial charge is 0.507 e. The van der Waals surface area contributed by atoms with Crippen LogP contribution in [-0.4, -0.2) is 34.2 Å². The van der Waals surface area contributed by atoms with Crippen LogP contribution in [0.25, 0.3) is 11.6 Å². The van der Waals surface area contributed by atoms with Gasteiger partial charge in [0, 0.05) is 17.2 Å². The number of rotatable bonds is 8. The smallest absolute Gasteiger partial charge is 0.349 e. The molecule has 2 aromatic rings. The second-order valence-electron chi connectivity index (χ2n) is 9.70. The highest BCUT2D eigenvalue weighted by Crippen LogP contribution is 2.37. The second kappa shape index (κ2) is 10.2. The van der Waals surface area contributed by atoms with Crippen molar-refractivity contribution >= 4 is 23.4 Å². The van der Waals surface area contributed by atoms with Crippen LogP contribution in [0, 0.1) is 0 Å². The molecule has 2 N–H and O–H groups in total. The van der Waals surface area contributed by atoms with Crippen molar-refractivity contribution in [2.75, 3.05) is 6.61 Å². The number of phenolic OH excluding ortho intramolecular Hbond substituents is 2.